The molecule has 3 nitrogen and oxygen atoms in total. The summed E-state index contributed by atoms with van der Waals surface area (Å²) in [7, 11) is 0. The molecule has 0 saturated carbocycles. The van der Waals surface area contributed by atoms with Crippen molar-refractivity contribution in [2.24, 2.45) is 0 Å². The molecule has 2 N–H and O–H groups in total. The molecule has 0 aliphatic carbocycles. The van der Waals surface area contributed by atoms with Gasteiger partial charge in [-0.15, -0.1) is 0 Å². The number of carbonyl (C=O) groups is 1. The molecule has 4 heteroatoms. The maximum Gasteiger partial charge on any atom is 0.221 e. The number of rotatable bonds is 1. The fourth-order valence-electron chi connectivity index (χ4n) is 1.36. The standard InChI is InChI=1S/C10H9ClN2O/c1-6(14)13-10-5-9-7(2-3-12-9)4-8(10)11/h2-5,12H,1H3,(H,13,14). The van der Waals surface area contributed by atoms with Crippen molar-refractivity contribution in [1.82, 2.24) is 4.98 Å². The number of nitrogens with one attached hydrogen (secondary N) is 2. The quantitative estimate of drug-likeness (QED) is 0.744. The van der Waals surface area contributed by atoms with E-state index in [0.29, 0.717) is 10.7 Å². The van der Waals surface area contributed by atoms with E-state index in [2.05, 4.69) is 10.3 Å². The molecule has 14 heavy (non-hydrogen) atoms. The number of hydrogen-bond acceptors (Lipinski definition) is 1. The number of H-pyrrole nitrogens is 1. The molecule has 1 aromatic heterocycles. The first-order chi connectivity index (χ1) is 6.66. The monoisotopic (exact) mass is 208 g/mol. The van der Waals surface area contributed by atoms with Crippen molar-refractivity contribution < 1.29 is 4.79 Å². The van der Waals surface area contributed by atoms with Gasteiger partial charge in [0.15, 0.2) is 0 Å². The highest BCUT2D eigenvalue weighted by atomic mass is 35.5. The first-order valence-corrected chi connectivity index (χ1v) is 4.59. The normalized spacial score (nSPS) is 10.4. The lowest BCUT2D eigenvalue weighted by atomic mass is 10.2. The van der Waals surface area contributed by atoms with E-state index in [1.54, 1.807) is 0 Å². The van der Waals surface area contributed by atoms with Crippen molar-refractivity contribution in [1.29, 1.82) is 0 Å². The van der Waals surface area contributed by atoms with Crippen LogP contribution in [0.1, 0.15) is 6.92 Å². The van der Waals surface area contributed by atoms with Crippen LogP contribution in [0.2, 0.25) is 5.02 Å². The number of halogens is 1. The van der Waals surface area contributed by atoms with Gasteiger partial charge in [0.05, 0.1) is 10.7 Å². The van der Waals surface area contributed by atoms with E-state index in [-0.39, 0.29) is 5.91 Å². The summed E-state index contributed by atoms with van der Waals surface area (Å²) in [4.78, 5) is 13.9. The Kier molecular flexibility index (Phi) is 2.17. The number of aromatic nitrogens is 1. The first-order valence-electron chi connectivity index (χ1n) is 4.21. The second-order valence-corrected chi connectivity index (χ2v) is 3.49. The minimum atomic E-state index is -0.127. The van der Waals surface area contributed by atoms with E-state index in [4.69, 9.17) is 11.6 Å². The lowest BCUT2D eigenvalue weighted by Crippen LogP contribution is -2.05. The van der Waals surface area contributed by atoms with Crippen LogP contribution in [0.4, 0.5) is 5.69 Å². The third kappa shape index (κ3) is 1.59. The molecule has 1 amide bonds. The maximum atomic E-state index is 10.9. The number of fused-ring (bicyclic) bond motifs is 1. The summed E-state index contributed by atoms with van der Waals surface area (Å²) in [6.07, 6.45) is 1.83. The molecule has 0 fully saturated rings. The van der Waals surface area contributed by atoms with Gasteiger partial charge in [-0.2, -0.15) is 0 Å². The molecule has 0 saturated heterocycles. The van der Waals surface area contributed by atoms with E-state index < -0.39 is 0 Å². The van der Waals surface area contributed by atoms with Crippen LogP contribution in [-0.4, -0.2) is 10.9 Å². The number of hydrogen-bond donors (Lipinski definition) is 2. The Morgan fingerprint density at radius 3 is 3.00 bits per heavy atom. The number of aromatic amines is 1. The zero-order chi connectivity index (χ0) is 10.1. The predicted molar refractivity (Wildman–Crippen MR) is 57.6 cm³/mol. The van der Waals surface area contributed by atoms with Crippen LogP contribution >= 0.6 is 11.6 Å². The van der Waals surface area contributed by atoms with Gasteiger partial charge in [0.2, 0.25) is 5.91 Å². The summed E-state index contributed by atoms with van der Waals surface area (Å²) >= 11 is 5.98. The molecule has 1 aromatic carbocycles. The smallest absolute Gasteiger partial charge is 0.221 e. The van der Waals surface area contributed by atoms with Gasteiger partial charge in [-0.05, 0) is 18.2 Å². The summed E-state index contributed by atoms with van der Waals surface area (Å²) in [6, 6.07) is 5.57. The van der Waals surface area contributed by atoms with Crippen molar-refractivity contribution in [3.8, 4) is 0 Å². The number of benzene rings is 1. The molecule has 2 aromatic rings. The van der Waals surface area contributed by atoms with Crippen molar-refractivity contribution in [3.63, 3.8) is 0 Å². The molecule has 0 aliphatic heterocycles. The zero-order valence-electron chi connectivity index (χ0n) is 7.60. The lowest BCUT2D eigenvalue weighted by molar-refractivity contribution is -0.114. The average Bonchev–Trinajstić information content (AvgIpc) is 2.51. The van der Waals surface area contributed by atoms with Crippen molar-refractivity contribution >= 4 is 34.1 Å². The van der Waals surface area contributed by atoms with Gasteiger partial charge < -0.3 is 10.3 Å². The number of anilines is 1. The van der Waals surface area contributed by atoms with E-state index in [9.17, 15) is 4.79 Å². The van der Waals surface area contributed by atoms with Crippen LogP contribution in [0.5, 0.6) is 0 Å². The largest absolute Gasteiger partial charge is 0.361 e. The van der Waals surface area contributed by atoms with Gasteiger partial charge in [-0.1, -0.05) is 11.6 Å². The summed E-state index contributed by atoms with van der Waals surface area (Å²) in [6.45, 7) is 1.45. The molecule has 0 unspecified atom stereocenters. The molecule has 72 valence electrons. The molecule has 0 aliphatic rings. The Bertz CT molecular complexity index is 490. The Labute approximate surface area is 86.1 Å². The van der Waals surface area contributed by atoms with Crippen LogP contribution < -0.4 is 5.32 Å². The SMILES string of the molecule is CC(=O)Nc1cc2[nH]ccc2cc1Cl. The van der Waals surface area contributed by atoms with Crippen LogP contribution in [-0.2, 0) is 4.79 Å². The number of carbonyl (C=O) groups excluding carboxylic acids is 1. The van der Waals surface area contributed by atoms with E-state index in [1.165, 1.54) is 6.92 Å². The first kappa shape index (κ1) is 9.09. The van der Waals surface area contributed by atoms with Gasteiger partial charge in [0.25, 0.3) is 0 Å². The molecular formula is C10H9ClN2O. The van der Waals surface area contributed by atoms with Crippen molar-refractivity contribution in [2.45, 2.75) is 6.92 Å². The third-order valence-electron chi connectivity index (χ3n) is 1.95. The fourth-order valence-corrected chi connectivity index (χ4v) is 1.58. The highest BCUT2D eigenvalue weighted by molar-refractivity contribution is 6.34. The second kappa shape index (κ2) is 3.35. The minimum absolute atomic E-state index is 0.127. The summed E-state index contributed by atoms with van der Waals surface area (Å²) in [5, 5.41) is 4.24. The van der Waals surface area contributed by atoms with E-state index >= 15 is 0 Å². The summed E-state index contributed by atoms with van der Waals surface area (Å²) in [5.41, 5.74) is 1.59. The highest BCUT2D eigenvalue weighted by Gasteiger charge is 2.04. The fraction of sp³-hybridized carbons (Fsp3) is 0.100. The molecular weight excluding hydrogens is 200 g/mol. The lowest BCUT2D eigenvalue weighted by Gasteiger charge is -2.04. The third-order valence-corrected chi connectivity index (χ3v) is 2.26. The van der Waals surface area contributed by atoms with E-state index in [0.717, 1.165) is 10.9 Å². The van der Waals surface area contributed by atoms with Crippen LogP contribution in [0.3, 0.4) is 0 Å². The van der Waals surface area contributed by atoms with Crippen LogP contribution in [0.15, 0.2) is 24.4 Å². The second-order valence-electron chi connectivity index (χ2n) is 3.08. The average molecular weight is 209 g/mol. The summed E-state index contributed by atoms with van der Waals surface area (Å²) < 4.78 is 0. The van der Waals surface area contributed by atoms with Gasteiger partial charge >= 0.3 is 0 Å². The van der Waals surface area contributed by atoms with Crippen LogP contribution in [0.25, 0.3) is 10.9 Å². The maximum absolute atomic E-state index is 10.9. The minimum Gasteiger partial charge on any atom is -0.361 e. The van der Waals surface area contributed by atoms with Crippen molar-refractivity contribution in [3.05, 3.63) is 29.4 Å². The molecule has 0 atom stereocenters. The Morgan fingerprint density at radius 2 is 2.29 bits per heavy atom. The Hall–Kier alpha value is -1.48. The van der Waals surface area contributed by atoms with Crippen LogP contribution in [0, 0.1) is 0 Å². The molecule has 1 heterocycles. The van der Waals surface area contributed by atoms with Crippen molar-refractivity contribution in [2.75, 3.05) is 5.32 Å². The van der Waals surface area contributed by atoms with Gasteiger partial charge in [0, 0.05) is 24.0 Å². The Morgan fingerprint density at radius 1 is 1.50 bits per heavy atom. The van der Waals surface area contributed by atoms with Gasteiger partial charge in [-0.25, -0.2) is 0 Å². The zero-order valence-corrected chi connectivity index (χ0v) is 8.35. The number of amides is 1. The van der Waals surface area contributed by atoms with Gasteiger partial charge in [-0.3, -0.25) is 4.79 Å². The topological polar surface area (TPSA) is 44.9 Å². The molecule has 0 bridgehead atoms. The molecule has 0 spiro atoms. The van der Waals surface area contributed by atoms with E-state index in [1.807, 2.05) is 24.4 Å². The summed E-state index contributed by atoms with van der Waals surface area (Å²) in [5.74, 6) is -0.127. The molecule has 2 rings (SSSR count). The highest BCUT2D eigenvalue weighted by Crippen LogP contribution is 2.27. The van der Waals surface area contributed by atoms with Gasteiger partial charge in [0.1, 0.15) is 0 Å². The Balaban J connectivity index is 2.53. The molecule has 0 radical (unpaired) electrons. The predicted octanol–water partition coefficient (Wildman–Crippen LogP) is 2.78.